The van der Waals surface area contributed by atoms with Crippen LogP contribution in [-0.4, -0.2) is 0 Å². The molecule has 5 heteroatoms. The van der Waals surface area contributed by atoms with E-state index in [-0.39, 0.29) is 34.0 Å². The summed E-state index contributed by atoms with van der Waals surface area (Å²) in [4.78, 5) is 0. The molecule has 0 heterocycles. The average Bonchev–Trinajstić information content (AvgIpc) is 0.918. The molecule has 0 aliphatic heterocycles. The third kappa shape index (κ3) is 35.5. The van der Waals surface area contributed by atoms with Crippen LogP contribution in [0.1, 0.15) is 0 Å². The van der Waals surface area contributed by atoms with Crippen LogP contribution in [0.15, 0.2) is 0 Å². The van der Waals surface area contributed by atoms with Crippen LogP contribution in [0.3, 0.4) is 0 Å². The number of hydrogen-bond acceptors (Lipinski definition) is 2. The first-order valence-corrected chi connectivity index (χ1v) is 1.97. The van der Waals surface area contributed by atoms with E-state index in [1.54, 1.807) is 0 Å². The van der Waals surface area contributed by atoms with Crippen molar-refractivity contribution >= 4 is 34.0 Å². The minimum absolute atomic E-state index is 0. The van der Waals surface area contributed by atoms with Gasteiger partial charge in [-0.25, -0.2) is 0 Å². The first-order chi connectivity index (χ1) is 1.41. The molecule has 0 bridgehead atoms. The van der Waals surface area contributed by atoms with Crippen molar-refractivity contribution in [3.8, 4) is 0 Å². The summed E-state index contributed by atoms with van der Waals surface area (Å²) >= 11 is -2.03. The Kier molecular flexibility index (Phi) is 61.1. The van der Waals surface area contributed by atoms with Crippen LogP contribution < -0.4 is 0 Å². The molecule has 0 rings (SSSR count). The van der Waals surface area contributed by atoms with Crippen molar-refractivity contribution in [1.29, 1.82) is 0 Å². The predicted octanol–water partition coefficient (Wildman–Crippen LogP) is 0.916. The van der Waals surface area contributed by atoms with Gasteiger partial charge in [-0.2, -0.15) is 0 Å². The van der Waals surface area contributed by atoms with Crippen LogP contribution in [0.5, 0.6) is 0 Å². The second-order valence-electron chi connectivity index (χ2n) is 0.0680. The maximum atomic E-state index is 8.50. The second kappa shape index (κ2) is 18.7. The summed E-state index contributed by atoms with van der Waals surface area (Å²) in [6.45, 7) is 0. The van der Waals surface area contributed by atoms with Crippen LogP contribution in [0.25, 0.3) is 0 Å². The number of hydrogen-bond donors (Lipinski definition) is 0. The summed E-state index contributed by atoms with van der Waals surface area (Å²) in [7, 11) is 0. The molecule has 0 aromatic heterocycles. The Morgan fingerprint density at radius 2 is 1.00 bits per heavy atom. The molecule has 5 heavy (non-hydrogen) atoms. The monoisotopic (exact) mass is 290 g/mol. The number of rotatable bonds is 0. The molecule has 0 amide bonds. The Morgan fingerprint density at radius 3 is 1.00 bits per heavy atom. The molecule has 0 spiro atoms. The Labute approximate surface area is 59.0 Å². The van der Waals surface area contributed by atoms with Gasteiger partial charge in [-0.3, -0.25) is 0 Å². The van der Waals surface area contributed by atoms with Crippen LogP contribution in [-0.2, 0) is 25.3 Å². The normalized spacial score (nSPS) is 2.40. The molecule has 0 radical (unpaired) electrons. The van der Waals surface area contributed by atoms with Gasteiger partial charge in [-0.1, -0.05) is 0 Å². The molecule has 2 nitrogen and oxygen atoms in total. The van der Waals surface area contributed by atoms with Gasteiger partial charge < -0.3 is 0 Å². The summed E-state index contributed by atoms with van der Waals surface area (Å²) < 4.78 is 17.0. The second-order valence-corrected chi connectivity index (χ2v) is 0.403. The molecule has 0 atom stereocenters. The van der Waals surface area contributed by atoms with Crippen LogP contribution in [0.2, 0.25) is 0 Å². The van der Waals surface area contributed by atoms with Crippen LogP contribution in [0, 0.1) is 0 Å². The molecule has 0 aliphatic rings. The summed E-state index contributed by atoms with van der Waals surface area (Å²) in [6, 6.07) is 0. The molecule has 0 aliphatic carbocycles. The Balaban J connectivity index is -0.0000000200. The van der Waals surface area contributed by atoms with Crippen molar-refractivity contribution in [2.24, 2.45) is 0 Å². The molecule has 0 saturated heterocycles. The molecule has 0 saturated carbocycles. The van der Waals surface area contributed by atoms with Crippen molar-refractivity contribution in [2.75, 3.05) is 0 Å². The van der Waals surface area contributed by atoms with E-state index in [0.717, 1.165) is 0 Å². The zero-order chi connectivity index (χ0) is 2.71. The first kappa shape index (κ1) is 16.3. The molecule has 0 aromatic rings. The van der Waals surface area contributed by atoms with Gasteiger partial charge in [0.15, 0.2) is 0 Å². The molecule has 0 unspecified atom stereocenters. The fraction of sp³-hybridized carbons (Fsp3) is 0. The van der Waals surface area contributed by atoms with Crippen molar-refractivity contribution in [3.63, 3.8) is 0 Å². The molecule has 0 aromatic carbocycles. The number of halogens is 2. The van der Waals surface area contributed by atoms with Crippen LogP contribution >= 0.6 is 34.0 Å². The zero-order valence-electron chi connectivity index (χ0n) is 2.04. The van der Waals surface area contributed by atoms with E-state index < -0.39 is 18.5 Å². The van der Waals surface area contributed by atoms with E-state index >= 15 is 0 Å². The molecule has 34 valence electrons. The van der Waals surface area contributed by atoms with Gasteiger partial charge in [0.05, 0.1) is 0 Å². The van der Waals surface area contributed by atoms with E-state index in [1.165, 1.54) is 0 Å². The maximum absolute atomic E-state index is 8.50. The minimum atomic E-state index is -2.03. The molecule has 0 fully saturated rings. The van der Waals surface area contributed by atoms with E-state index in [0.29, 0.717) is 0 Å². The van der Waals surface area contributed by atoms with Gasteiger partial charge in [0.2, 0.25) is 0 Å². The summed E-state index contributed by atoms with van der Waals surface area (Å²) in [6.07, 6.45) is 0. The van der Waals surface area contributed by atoms with Gasteiger partial charge in [0.25, 0.3) is 0 Å². The predicted molar refractivity (Wildman–Crippen MR) is 22.0 cm³/mol. The van der Waals surface area contributed by atoms with Gasteiger partial charge in [-0.05, 0) is 0 Å². The summed E-state index contributed by atoms with van der Waals surface area (Å²) in [5.41, 5.74) is 0. The van der Waals surface area contributed by atoms with Crippen molar-refractivity contribution in [3.05, 3.63) is 0 Å². The standard InChI is InChI=1S/2BrH.Mo.2O/h2*1H;;;. The van der Waals surface area contributed by atoms with Gasteiger partial charge in [0.1, 0.15) is 0 Å². The quantitative estimate of drug-likeness (QED) is 0.622. The Hall–Kier alpha value is 1.25. The summed E-state index contributed by atoms with van der Waals surface area (Å²) in [5, 5.41) is 0. The third-order valence-electron chi connectivity index (χ3n) is 0. The molecular formula is H2Br2MoO2. The zero-order valence-corrected chi connectivity index (χ0v) is 7.47. The fourth-order valence-electron chi connectivity index (χ4n) is 0. The third-order valence-corrected chi connectivity index (χ3v) is 0. The Bertz CT molecular complexity index is 28.6. The fourth-order valence-corrected chi connectivity index (χ4v) is 0. The van der Waals surface area contributed by atoms with Crippen molar-refractivity contribution in [1.82, 2.24) is 0 Å². The van der Waals surface area contributed by atoms with Crippen molar-refractivity contribution < 1.29 is 25.3 Å². The SMILES string of the molecule is Br.Br.[O]=[Mo]=[O]. The molecule has 0 N–H and O–H groups in total. The topological polar surface area (TPSA) is 34.1 Å². The van der Waals surface area contributed by atoms with E-state index in [2.05, 4.69) is 0 Å². The van der Waals surface area contributed by atoms with E-state index in [9.17, 15) is 0 Å². The summed E-state index contributed by atoms with van der Waals surface area (Å²) in [5.74, 6) is 0. The van der Waals surface area contributed by atoms with E-state index in [4.69, 9.17) is 6.80 Å². The van der Waals surface area contributed by atoms with Crippen LogP contribution in [0.4, 0.5) is 0 Å². The average molecular weight is 290 g/mol. The van der Waals surface area contributed by atoms with Gasteiger partial charge in [-0.15, -0.1) is 34.0 Å². The molecular weight excluding hydrogens is 288 g/mol. The first-order valence-electron chi connectivity index (χ1n) is 0.333. The van der Waals surface area contributed by atoms with Gasteiger partial charge in [0, 0.05) is 0 Å². The van der Waals surface area contributed by atoms with Crippen molar-refractivity contribution in [2.45, 2.75) is 0 Å². The van der Waals surface area contributed by atoms with Gasteiger partial charge >= 0.3 is 25.3 Å². The Morgan fingerprint density at radius 1 is 1.00 bits per heavy atom. The van der Waals surface area contributed by atoms with E-state index in [1.807, 2.05) is 0 Å².